The number of hydrogen-bond donors (Lipinski definition) is 1. The highest BCUT2D eigenvalue weighted by Crippen LogP contribution is 2.36. The van der Waals surface area contributed by atoms with Crippen molar-refractivity contribution in [3.05, 3.63) is 54.0 Å². The van der Waals surface area contributed by atoms with Crippen molar-refractivity contribution in [2.75, 3.05) is 25.0 Å². The van der Waals surface area contributed by atoms with E-state index < -0.39 is 0 Å². The Morgan fingerprint density at radius 1 is 1.35 bits per heavy atom. The van der Waals surface area contributed by atoms with Crippen LogP contribution in [0, 0.1) is 11.3 Å². The lowest BCUT2D eigenvalue weighted by Gasteiger charge is -2.39. The molecule has 0 saturated carbocycles. The zero-order valence-corrected chi connectivity index (χ0v) is 14.8. The van der Waals surface area contributed by atoms with E-state index in [-0.39, 0.29) is 11.6 Å². The second kappa shape index (κ2) is 7.40. The summed E-state index contributed by atoms with van der Waals surface area (Å²) in [7, 11) is 0. The van der Waals surface area contributed by atoms with Gasteiger partial charge in [0.2, 0.25) is 0 Å². The molecule has 0 unspecified atom stereocenters. The molecular weight excluding hydrogens is 326 g/mol. The fourth-order valence-electron chi connectivity index (χ4n) is 4.08. The summed E-state index contributed by atoms with van der Waals surface area (Å²) in [6.45, 7) is 3.65. The largest absolute Gasteiger partial charge is 0.371 e. The summed E-state index contributed by atoms with van der Waals surface area (Å²) in [6.07, 6.45) is 6.96. The molecule has 6 heteroatoms. The molecule has 2 aromatic rings. The summed E-state index contributed by atoms with van der Waals surface area (Å²) in [4.78, 5) is 11.0. The highest BCUT2D eigenvalue weighted by Gasteiger charge is 2.43. The quantitative estimate of drug-likeness (QED) is 0.914. The SMILES string of the molecule is N#Cc1cccc(N[C@@H]2CO[C@]3(CCCN(Cc4cccnc4)C3)C2)n1. The van der Waals surface area contributed by atoms with Crippen LogP contribution >= 0.6 is 0 Å². The first-order valence-electron chi connectivity index (χ1n) is 9.14. The lowest BCUT2D eigenvalue weighted by molar-refractivity contribution is -0.0533. The van der Waals surface area contributed by atoms with E-state index in [9.17, 15) is 0 Å². The molecule has 134 valence electrons. The Morgan fingerprint density at radius 3 is 3.15 bits per heavy atom. The fourth-order valence-corrected chi connectivity index (χ4v) is 4.08. The number of pyridine rings is 2. The van der Waals surface area contributed by atoms with Gasteiger partial charge in [0.1, 0.15) is 17.6 Å². The normalized spacial score (nSPS) is 25.9. The molecule has 1 spiro atoms. The Morgan fingerprint density at radius 2 is 2.31 bits per heavy atom. The predicted octanol–water partition coefficient (Wildman–Crippen LogP) is 2.58. The molecule has 2 atom stereocenters. The molecule has 4 rings (SSSR count). The maximum atomic E-state index is 9.00. The predicted molar refractivity (Wildman–Crippen MR) is 98.4 cm³/mol. The maximum absolute atomic E-state index is 9.00. The molecule has 0 radical (unpaired) electrons. The highest BCUT2D eigenvalue weighted by atomic mass is 16.5. The molecule has 6 nitrogen and oxygen atoms in total. The zero-order valence-electron chi connectivity index (χ0n) is 14.8. The third kappa shape index (κ3) is 3.85. The van der Waals surface area contributed by atoms with Gasteiger partial charge in [0.05, 0.1) is 18.2 Å². The van der Waals surface area contributed by atoms with Crippen LogP contribution in [0.2, 0.25) is 0 Å². The van der Waals surface area contributed by atoms with E-state index in [1.807, 2.05) is 30.6 Å². The minimum atomic E-state index is -0.0784. The second-order valence-electron chi connectivity index (χ2n) is 7.23. The van der Waals surface area contributed by atoms with Crippen LogP contribution in [0.25, 0.3) is 0 Å². The molecule has 0 aliphatic carbocycles. The van der Waals surface area contributed by atoms with Crippen LogP contribution in [0.15, 0.2) is 42.7 Å². The van der Waals surface area contributed by atoms with E-state index in [0.29, 0.717) is 12.3 Å². The topological polar surface area (TPSA) is 74.1 Å². The van der Waals surface area contributed by atoms with E-state index in [0.717, 1.165) is 44.7 Å². The van der Waals surface area contributed by atoms with Crippen molar-refractivity contribution in [2.45, 2.75) is 37.5 Å². The van der Waals surface area contributed by atoms with Crippen molar-refractivity contribution in [1.82, 2.24) is 14.9 Å². The van der Waals surface area contributed by atoms with Gasteiger partial charge in [-0.05, 0) is 43.1 Å². The molecule has 2 fully saturated rings. The van der Waals surface area contributed by atoms with Crippen LogP contribution < -0.4 is 5.32 Å². The van der Waals surface area contributed by atoms with Crippen LogP contribution in [-0.4, -0.2) is 46.2 Å². The Bertz CT molecular complexity index is 790. The fraction of sp³-hybridized carbons (Fsp3) is 0.450. The number of rotatable bonds is 4. The average Bonchev–Trinajstić information content (AvgIpc) is 3.04. The van der Waals surface area contributed by atoms with Crippen molar-refractivity contribution >= 4 is 5.82 Å². The number of nitriles is 1. The number of nitrogens with zero attached hydrogens (tertiary/aromatic N) is 4. The molecule has 0 bridgehead atoms. The van der Waals surface area contributed by atoms with Crippen molar-refractivity contribution in [3.63, 3.8) is 0 Å². The van der Waals surface area contributed by atoms with Gasteiger partial charge in [-0.25, -0.2) is 4.98 Å². The van der Waals surface area contributed by atoms with E-state index in [2.05, 4.69) is 32.3 Å². The van der Waals surface area contributed by atoms with Gasteiger partial charge >= 0.3 is 0 Å². The first kappa shape index (κ1) is 17.0. The molecule has 2 aliphatic rings. The van der Waals surface area contributed by atoms with Gasteiger partial charge in [-0.3, -0.25) is 9.88 Å². The zero-order chi connectivity index (χ0) is 17.8. The third-order valence-corrected chi connectivity index (χ3v) is 5.17. The summed E-state index contributed by atoms with van der Waals surface area (Å²) in [5.41, 5.74) is 1.60. The molecular formula is C20H23N5O. The van der Waals surface area contributed by atoms with Crippen molar-refractivity contribution < 1.29 is 4.74 Å². The average molecular weight is 349 g/mol. The number of piperidine rings is 1. The van der Waals surface area contributed by atoms with Crippen LogP contribution in [0.1, 0.15) is 30.5 Å². The molecule has 0 amide bonds. The van der Waals surface area contributed by atoms with Gasteiger partial charge in [0, 0.05) is 31.9 Å². The van der Waals surface area contributed by atoms with Crippen LogP contribution in [0.5, 0.6) is 0 Å². The number of ether oxygens (including phenoxy) is 1. The molecule has 0 aromatic carbocycles. The smallest absolute Gasteiger partial charge is 0.142 e. The number of aromatic nitrogens is 2. The number of nitrogens with one attached hydrogen (secondary N) is 1. The van der Waals surface area contributed by atoms with Gasteiger partial charge < -0.3 is 10.1 Å². The highest BCUT2D eigenvalue weighted by molar-refractivity contribution is 5.39. The van der Waals surface area contributed by atoms with Crippen LogP contribution in [-0.2, 0) is 11.3 Å². The first-order valence-corrected chi connectivity index (χ1v) is 9.14. The molecule has 2 saturated heterocycles. The molecule has 26 heavy (non-hydrogen) atoms. The van der Waals surface area contributed by atoms with E-state index in [1.54, 1.807) is 6.07 Å². The van der Waals surface area contributed by atoms with Crippen molar-refractivity contribution in [2.24, 2.45) is 0 Å². The summed E-state index contributed by atoms with van der Waals surface area (Å²) >= 11 is 0. The van der Waals surface area contributed by atoms with Crippen molar-refractivity contribution in [3.8, 4) is 6.07 Å². The van der Waals surface area contributed by atoms with Gasteiger partial charge in [0.25, 0.3) is 0 Å². The minimum Gasteiger partial charge on any atom is -0.371 e. The Labute approximate surface area is 153 Å². The van der Waals surface area contributed by atoms with Crippen molar-refractivity contribution in [1.29, 1.82) is 5.26 Å². The summed E-state index contributed by atoms with van der Waals surface area (Å²) in [6, 6.07) is 11.9. The van der Waals surface area contributed by atoms with Gasteiger partial charge in [-0.2, -0.15) is 5.26 Å². The lowest BCUT2D eigenvalue weighted by Crippen LogP contribution is -2.47. The van der Waals surface area contributed by atoms with Gasteiger partial charge in [0.15, 0.2) is 0 Å². The summed E-state index contributed by atoms with van der Waals surface area (Å²) < 4.78 is 6.28. The van der Waals surface area contributed by atoms with Gasteiger partial charge in [-0.1, -0.05) is 12.1 Å². The number of likely N-dealkylation sites (tertiary alicyclic amines) is 1. The minimum absolute atomic E-state index is 0.0784. The summed E-state index contributed by atoms with van der Waals surface area (Å²) in [5.74, 6) is 0.748. The number of hydrogen-bond acceptors (Lipinski definition) is 6. The number of anilines is 1. The maximum Gasteiger partial charge on any atom is 0.142 e. The van der Waals surface area contributed by atoms with Gasteiger partial charge in [-0.15, -0.1) is 0 Å². The Hall–Kier alpha value is -2.49. The lowest BCUT2D eigenvalue weighted by atomic mass is 9.88. The van der Waals surface area contributed by atoms with Crippen LogP contribution in [0.4, 0.5) is 5.82 Å². The van der Waals surface area contributed by atoms with E-state index >= 15 is 0 Å². The molecule has 2 aliphatic heterocycles. The molecule has 1 N–H and O–H groups in total. The standard InChI is InChI=1S/C20H23N5O/c21-11-17-5-1-6-19(23-17)24-18-10-20(26-14-18)7-3-9-25(15-20)13-16-4-2-8-22-12-16/h1-2,4-6,8,12,18H,3,7,9-10,13-15H2,(H,23,24)/t18-,20+/m0/s1. The van der Waals surface area contributed by atoms with E-state index in [4.69, 9.17) is 10.00 Å². The Balaban J connectivity index is 1.37. The third-order valence-electron chi connectivity index (χ3n) is 5.17. The van der Waals surface area contributed by atoms with E-state index in [1.165, 1.54) is 5.56 Å². The molecule has 2 aromatic heterocycles. The first-order chi connectivity index (χ1) is 12.7. The molecule has 4 heterocycles. The summed E-state index contributed by atoms with van der Waals surface area (Å²) in [5, 5.41) is 12.4. The Kier molecular flexibility index (Phi) is 4.83. The monoisotopic (exact) mass is 349 g/mol. The van der Waals surface area contributed by atoms with Crippen LogP contribution in [0.3, 0.4) is 0 Å². The second-order valence-corrected chi connectivity index (χ2v) is 7.23.